The zero-order chi connectivity index (χ0) is 7.23. The Hall–Kier alpha value is -0.270. The van der Waals surface area contributed by atoms with Crippen LogP contribution in [0.4, 0.5) is 0 Å². The molecule has 0 atom stereocenters. The minimum absolute atomic E-state index is 0.995. The molecule has 0 aliphatic heterocycles. The van der Waals surface area contributed by atoms with E-state index in [9.17, 15) is 0 Å². The Balaban J connectivity index is 2.43. The van der Waals surface area contributed by atoms with Gasteiger partial charge in [0.15, 0.2) is 0 Å². The molecule has 0 saturated heterocycles. The van der Waals surface area contributed by atoms with E-state index in [1.165, 1.54) is 5.57 Å². The molecule has 0 fully saturated rings. The zero-order valence-electron chi connectivity index (χ0n) is 5.52. The van der Waals surface area contributed by atoms with Crippen molar-refractivity contribution in [2.75, 3.05) is 6.54 Å². The van der Waals surface area contributed by atoms with Crippen LogP contribution in [0.2, 0.25) is 0 Å². The first-order valence-corrected chi connectivity index (χ1v) is 4.21. The summed E-state index contributed by atoms with van der Waals surface area (Å²) in [6.45, 7) is 0.995. The second-order valence-corrected chi connectivity index (χ2v) is 2.71. The molecule has 1 N–H and O–H groups in total. The highest BCUT2D eigenvalue weighted by Crippen LogP contribution is 2.02. The normalized spacial score (nSPS) is 13.9. The van der Waals surface area contributed by atoms with Crippen LogP contribution in [0.25, 0.3) is 0 Å². The lowest BCUT2D eigenvalue weighted by Gasteiger charge is -1.95. The van der Waals surface area contributed by atoms with Crippen molar-refractivity contribution in [3.8, 4) is 0 Å². The van der Waals surface area contributed by atoms with Crippen molar-refractivity contribution >= 4 is 22.9 Å². The van der Waals surface area contributed by atoms with Crippen molar-refractivity contribution in [3.63, 3.8) is 0 Å². The largest absolute Gasteiger partial charge is 0.261 e. The SMILES string of the molecule is INCCC1=C=CC=C=C1. The highest BCUT2D eigenvalue weighted by atomic mass is 127. The smallest absolute Gasteiger partial charge is 0.0169 e. The fourth-order valence-electron chi connectivity index (χ4n) is 0.713. The van der Waals surface area contributed by atoms with Crippen molar-refractivity contribution in [1.29, 1.82) is 0 Å². The van der Waals surface area contributed by atoms with Gasteiger partial charge >= 0.3 is 0 Å². The summed E-state index contributed by atoms with van der Waals surface area (Å²) in [5, 5.41) is 0. The third-order valence-corrected chi connectivity index (χ3v) is 1.73. The molecule has 10 heavy (non-hydrogen) atoms. The quantitative estimate of drug-likeness (QED) is 0.456. The second kappa shape index (κ2) is 4.53. The fourth-order valence-corrected chi connectivity index (χ4v) is 0.983. The van der Waals surface area contributed by atoms with Crippen LogP contribution in [0, 0.1) is 0 Å². The molecule has 52 valence electrons. The lowest BCUT2D eigenvalue weighted by molar-refractivity contribution is 0.938. The Kier molecular flexibility index (Phi) is 3.55. The lowest BCUT2D eigenvalue weighted by Crippen LogP contribution is -1.99. The van der Waals surface area contributed by atoms with Crippen LogP contribution in [-0.4, -0.2) is 6.54 Å². The van der Waals surface area contributed by atoms with Gasteiger partial charge in [0.2, 0.25) is 0 Å². The van der Waals surface area contributed by atoms with Crippen LogP contribution >= 0.6 is 22.9 Å². The topological polar surface area (TPSA) is 12.0 Å². The van der Waals surface area contributed by atoms with Gasteiger partial charge < -0.3 is 0 Å². The summed E-state index contributed by atoms with van der Waals surface area (Å²) in [7, 11) is 0. The maximum absolute atomic E-state index is 3.13. The van der Waals surface area contributed by atoms with Crippen molar-refractivity contribution in [1.82, 2.24) is 3.53 Å². The number of halogens is 1. The summed E-state index contributed by atoms with van der Waals surface area (Å²) >= 11 is 2.14. The molecule has 2 heteroatoms. The summed E-state index contributed by atoms with van der Waals surface area (Å²) in [6.07, 6.45) is 6.75. The molecule has 0 unspecified atom stereocenters. The van der Waals surface area contributed by atoms with Crippen LogP contribution < -0.4 is 3.53 Å². The fraction of sp³-hybridized carbons (Fsp3) is 0.250. The molecule has 1 rings (SSSR count). The zero-order valence-corrected chi connectivity index (χ0v) is 7.68. The van der Waals surface area contributed by atoms with Crippen LogP contribution in [0.1, 0.15) is 6.42 Å². The number of hydrogen-bond donors (Lipinski definition) is 1. The maximum Gasteiger partial charge on any atom is 0.0169 e. The van der Waals surface area contributed by atoms with Gasteiger partial charge in [0.05, 0.1) is 0 Å². The van der Waals surface area contributed by atoms with Gasteiger partial charge in [-0.2, -0.15) is 0 Å². The first kappa shape index (κ1) is 7.83. The number of hydrogen-bond acceptors (Lipinski definition) is 1. The lowest BCUT2D eigenvalue weighted by atomic mass is 10.1. The molecular weight excluding hydrogens is 237 g/mol. The van der Waals surface area contributed by atoms with E-state index < -0.39 is 0 Å². The predicted octanol–water partition coefficient (Wildman–Crippen LogP) is 2.12. The summed E-state index contributed by atoms with van der Waals surface area (Å²) in [6, 6.07) is 0. The molecule has 0 radical (unpaired) electrons. The van der Waals surface area contributed by atoms with Crippen molar-refractivity contribution in [2.45, 2.75) is 6.42 Å². The number of allylic oxidation sites excluding steroid dienone is 1. The number of nitrogens with one attached hydrogen (secondary N) is 1. The highest BCUT2D eigenvalue weighted by molar-refractivity contribution is 14.1. The van der Waals surface area contributed by atoms with Gasteiger partial charge in [-0.05, 0) is 24.6 Å². The molecule has 0 amide bonds. The average molecular weight is 245 g/mol. The first-order chi connectivity index (χ1) is 4.93. The van der Waals surface area contributed by atoms with Gasteiger partial charge in [-0.15, -0.1) is 11.5 Å². The molecule has 0 saturated carbocycles. The van der Waals surface area contributed by atoms with Crippen molar-refractivity contribution in [3.05, 3.63) is 35.3 Å². The van der Waals surface area contributed by atoms with Crippen LogP contribution in [-0.2, 0) is 0 Å². The molecule has 0 aromatic carbocycles. The standard InChI is InChI=1S/C8H8IN/c9-10-7-6-8-4-2-1-3-5-8/h1-2,5,10H,6-7H2. The van der Waals surface area contributed by atoms with Crippen molar-refractivity contribution in [2.24, 2.45) is 0 Å². The average Bonchev–Trinajstić information content (AvgIpc) is 2.03. The second-order valence-electron chi connectivity index (χ2n) is 1.95. The van der Waals surface area contributed by atoms with Crippen LogP contribution in [0.15, 0.2) is 35.3 Å². The minimum atomic E-state index is 0.995. The minimum Gasteiger partial charge on any atom is -0.261 e. The van der Waals surface area contributed by atoms with E-state index in [1.54, 1.807) is 0 Å². The monoisotopic (exact) mass is 245 g/mol. The van der Waals surface area contributed by atoms with E-state index in [-0.39, 0.29) is 0 Å². The van der Waals surface area contributed by atoms with Gasteiger partial charge in [0, 0.05) is 35.0 Å². The Morgan fingerprint density at radius 3 is 3.00 bits per heavy atom. The van der Waals surface area contributed by atoms with E-state index >= 15 is 0 Å². The summed E-state index contributed by atoms with van der Waals surface area (Å²) in [5.74, 6) is 0. The van der Waals surface area contributed by atoms with Crippen LogP contribution in [0.3, 0.4) is 0 Å². The van der Waals surface area contributed by atoms with Gasteiger partial charge in [0.25, 0.3) is 0 Å². The molecule has 1 aliphatic carbocycles. The van der Waals surface area contributed by atoms with Gasteiger partial charge in [-0.25, -0.2) is 0 Å². The summed E-state index contributed by atoms with van der Waals surface area (Å²) in [5.41, 5.74) is 7.35. The molecule has 0 heterocycles. The third kappa shape index (κ3) is 2.54. The summed E-state index contributed by atoms with van der Waals surface area (Å²) < 4.78 is 3.05. The molecule has 0 spiro atoms. The molecule has 0 aromatic rings. The van der Waals surface area contributed by atoms with Crippen LogP contribution in [0.5, 0.6) is 0 Å². The highest BCUT2D eigenvalue weighted by Gasteiger charge is 1.90. The van der Waals surface area contributed by atoms with E-state index in [4.69, 9.17) is 0 Å². The number of rotatable bonds is 3. The van der Waals surface area contributed by atoms with Gasteiger partial charge in [0.1, 0.15) is 0 Å². The van der Waals surface area contributed by atoms with E-state index in [0.29, 0.717) is 0 Å². The maximum atomic E-state index is 3.13. The Bertz CT molecular complexity index is 228. The van der Waals surface area contributed by atoms with Gasteiger partial charge in [-0.3, -0.25) is 3.53 Å². The molecule has 0 bridgehead atoms. The van der Waals surface area contributed by atoms with E-state index in [0.717, 1.165) is 13.0 Å². The van der Waals surface area contributed by atoms with Crippen molar-refractivity contribution < 1.29 is 0 Å². The van der Waals surface area contributed by atoms with E-state index in [2.05, 4.69) is 37.9 Å². The Morgan fingerprint density at radius 2 is 2.40 bits per heavy atom. The molecule has 0 aromatic heterocycles. The molecule has 1 nitrogen and oxygen atoms in total. The van der Waals surface area contributed by atoms with Gasteiger partial charge in [-0.1, -0.05) is 0 Å². The van der Waals surface area contributed by atoms with E-state index in [1.807, 2.05) is 18.2 Å². The predicted molar refractivity (Wildman–Crippen MR) is 50.9 cm³/mol. The first-order valence-electron chi connectivity index (χ1n) is 3.13. The summed E-state index contributed by atoms with van der Waals surface area (Å²) in [4.78, 5) is 0. The third-order valence-electron chi connectivity index (χ3n) is 1.19. The Morgan fingerprint density at radius 1 is 1.50 bits per heavy atom. The Labute approximate surface area is 74.7 Å². The molecular formula is C8H8IN. The molecule has 1 aliphatic rings.